The molecule has 2 nitrogen and oxygen atoms in total. The summed E-state index contributed by atoms with van der Waals surface area (Å²) in [4.78, 5) is 2.69. The van der Waals surface area contributed by atoms with Gasteiger partial charge in [-0.1, -0.05) is 0 Å². The SMILES string of the molecule is CNCC1CCCN1CC1CC1. The van der Waals surface area contributed by atoms with Crippen molar-refractivity contribution in [3.63, 3.8) is 0 Å². The van der Waals surface area contributed by atoms with E-state index in [2.05, 4.69) is 17.3 Å². The smallest absolute Gasteiger partial charge is 0.0221 e. The van der Waals surface area contributed by atoms with Crippen LogP contribution < -0.4 is 5.32 Å². The number of nitrogens with zero attached hydrogens (tertiary/aromatic N) is 1. The van der Waals surface area contributed by atoms with Crippen LogP contribution in [0.5, 0.6) is 0 Å². The number of rotatable bonds is 4. The van der Waals surface area contributed by atoms with Gasteiger partial charge in [0.1, 0.15) is 0 Å². The van der Waals surface area contributed by atoms with Crippen molar-refractivity contribution in [1.82, 2.24) is 10.2 Å². The Kier molecular flexibility index (Phi) is 2.66. The lowest BCUT2D eigenvalue weighted by Crippen LogP contribution is -2.37. The average Bonchev–Trinajstić information content (AvgIpc) is 2.76. The Morgan fingerprint density at radius 3 is 2.83 bits per heavy atom. The van der Waals surface area contributed by atoms with Crippen molar-refractivity contribution >= 4 is 0 Å². The maximum atomic E-state index is 3.29. The van der Waals surface area contributed by atoms with Gasteiger partial charge >= 0.3 is 0 Å². The first kappa shape index (κ1) is 8.52. The van der Waals surface area contributed by atoms with E-state index in [-0.39, 0.29) is 0 Å². The van der Waals surface area contributed by atoms with Crippen molar-refractivity contribution in [2.24, 2.45) is 5.92 Å². The van der Waals surface area contributed by atoms with E-state index in [1.165, 1.54) is 45.3 Å². The molecule has 12 heavy (non-hydrogen) atoms. The molecule has 0 spiro atoms. The third-order valence-corrected chi connectivity index (χ3v) is 3.13. The van der Waals surface area contributed by atoms with Gasteiger partial charge in [-0.3, -0.25) is 4.90 Å². The molecule has 1 aliphatic heterocycles. The number of hydrogen-bond acceptors (Lipinski definition) is 2. The molecule has 2 fully saturated rings. The minimum absolute atomic E-state index is 0.843. The van der Waals surface area contributed by atoms with Crippen molar-refractivity contribution < 1.29 is 0 Å². The average molecular weight is 168 g/mol. The molecular formula is C10H20N2. The molecule has 1 aliphatic carbocycles. The molecule has 2 heteroatoms. The van der Waals surface area contributed by atoms with Gasteiger partial charge in [0, 0.05) is 19.1 Å². The minimum Gasteiger partial charge on any atom is -0.318 e. The first-order valence-corrected chi connectivity index (χ1v) is 5.29. The van der Waals surface area contributed by atoms with E-state index in [1.54, 1.807) is 0 Å². The second-order valence-electron chi connectivity index (χ2n) is 4.29. The fourth-order valence-corrected chi connectivity index (χ4v) is 2.23. The highest BCUT2D eigenvalue weighted by Crippen LogP contribution is 2.32. The second-order valence-corrected chi connectivity index (χ2v) is 4.29. The zero-order valence-electron chi connectivity index (χ0n) is 8.05. The third-order valence-electron chi connectivity index (χ3n) is 3.13. The summed E-state index contributed by atoms with van der Waals surface area (Å²) in [5.74, 6) is 1.06. The maximum absolute atomic E-state index is 3.29. The van der Waals surface area contributed by atoms with Crippen molar-refractivity contribution in [2.45, 2.75) is 31.7 Å². The van der Waals surface area contributed by atoms with Crippen molar-refractivity contribution in [1.29, 1.82) is 0 Å². The van der Waals surface area contributed by atoms with E-state index in [4.69, 9.17) is 0 Å². The predicted molar refractivity (Wildman–Crippen MR) is 51.2 cm³/mol. The van der Waals surface area contributed by atoms with Gasteiger partial charge in [0.25, 0.3) is 0 Å². The van der Waals surface area contributed by atoms with Crippen LogP contribution in [0.15, 0.2) is 0 Å². The van der Waals surface area contributed by atoms with E-state index >= 15 is 0 Å². The first-order chi connectivity index (χ1) is 5.90. The monoisotopic (exact) mass is 168 g/mol. The molecule has 1 heterocycles. The van der Waals surface area contributed by atoms with Crippen molar-refractivity contribution in [2.75, 3.05) is 26.7 Å². The van der Waals surface area contributed by atoms with Gasteiger partial charge in [0.05, 0.1) is 0 Å². The molecule has 0 amide bonds. The standard InChI is InChI=1S/C10H20N2/c1-11-7-10-3-2-6-12(10)8-9-4-5-9/h9-11H,2-8H2,1H3. The van der Waals surface area contributed by atoms with Gasteiger partial charge < -0.3 is 5.32 Å². The Labute approximate surface area is 75.3 Å². The fourth-order valence-electron chi connectivity index (χ4n) is 2.23. The summed E-state index contributed by atoms with van der Waals surface area (Å²) in [6, 6.07) is 0.843. The van der Waals surface area contributed by atoms with Gasteiger partial charge in [-0.05, 0) is 45.2 Å². The van der Waals surface area contributed by atoms with E-state index in [0.29, 0.717) is 0 Å². The predicted octanol–water partition coefficient (Wildman–Crippen LogP) is 1.08. The second kappa shape index (κ2) is 3.75. The molecule has 1 N–H and O–H groups in total. The third kappa shape index (κ3) is 1.99. The maximum Gasteiger partial charge on any atom is 0.0221 e. The molecular weight excluding hydrogens is 148 g/mol. The summed E-state index contributed by atoms with van der Waals surface area (Å²) in [7, 11) is 2.06. The summed E-state index contributed by atoms with van der Waals surface area (Å²) in [5.41, 5.74) is 0. The van der Waals surface area contributed by atoms with E-state index < -0.39 is 0 Å². The van der Waals surface area contributed by atoms with Crippen LogP contribution in [0.4, 0.5) is 0 Å². The molecule has 1 unspecified atom stereocenters. The van der Waals surface area contributed by atoms with Crippen molar-refractivity contribution in [3.05, 3.63) is 0 Å². The molecule has 70 valence electrons. The highest BCUT2D eigenvalue weighted by molar-refractivity contribution is 4.85. The molecule has 2 rings (SSSR count). The quantitative estimate of drug-likeness (QED) is 0.676. The molecule has 0 radical (unpaired) electrons. The Hall–Kier alpha value is -0.0800. The summed E-state index contributed by atoms with van der Waals surface area (Å²) >= 11 is 0. The van der Waals surface area contributed by atoms with Crippen LogP contribution in [0.1, 0.15) is 25.7 Å². The van der Waals surface area contributed by atoms with Gasteiger partial charge in [-0.25, -0.2) is 0 Å². The van der Waals surface area contributed by atoms with Gasteiger partial charge in [0.2, 0.25) is 0 Å². The largest absolute Gasteiger partial charge is 0.318 e. The lowest BCUT2D eigenvalue weighted by molar-refractivity contribution is 0.241. The lowest BCUT2D eigenvalue weighted by atomic mass is 10.2. The molecule has 1 saturated heterocycles. The van der Waals surface area contributed by atoms with Crippen molar-refractivity contribution in [3.8, 4) is 0 Å². The number of hydrogen-bond donors (Lipinski definition) is 1. The number of nitrogens with one attached hydrogen (secondary N) is 1. The van der Waals surface area contributed by atoms with Crippen LogP contribution in [0.3, 0.4) is 0 Å². The van der Waals surface area contributed by atoms with E-state index in [1.807, 2.05) is 0 Å². The van der Waals surface area contributed by atoms with Gasteiger partial charge in [0.15, 0.2) is 0 Å². The van der Waals surface area contributed by atoms with E-state index in [0.717, 1.165) is 12.0 Å². The van der Waals surface area contributed by atoms with Crippen LogP contribution in [-0.2, 0) is 0 Å². The number of likely N-dealkylation sites (N-methyl/N-ethyl adjacent to an activating group) is 1. The molecule has 0 aromatic rings. The van der Waals surface area contributed by atoms with Crippen LogP contribution in [0, 0.1) is 5.92 Å². The first-order valence-electron chi connectivity index (χ1n) is 5.29. The highest BCUT2D eigenvalue weighted by Gasteiger charge is 2.30. The van der Waals surface area contributed by atoms with Crippen LogP contribution in [0.2, 0.25) is 0 Å². The van der Waals surface area contributed by atoms with E-state index in [9.17, 15) is 0 Å². The molecule has 0 aromatic heterocycles. The fraction of sp³-hybridized carbons (Fsp3) is 1.00. The molecule has 2 aliphatic rings. The molecule has 1 atom stereocenters. The summed E-state index contributed by atoms with van der Waals surface area (Å²) in [6.45, 7) is 3.92. The summed E-state index contributed by atoms with van der Waals surface area (Å²) in [6.07, 6.45) is 5.80. The zero-order chi connectivity index (χ0) is 8.39. The molecule has 0 aromatic carbocycles. The highest BCUT2D eigenvalue weighted by atomic mass is 15.2. The Morgan fingerprint density at radius 2 is 2.17 bits per heavy atom. The zero-order valence-corrected chi connectivity index (χ0v) is 8.05. The Bertz CT molecular complexity index is 143. The normalized spacial score (nSPS) is 31.2. The lowest BCUT2D eigenvalue weighted by Gasteiger charge is -2.23. The van der Waals surface area contributed by atoms with Gasteiger partial charge in [-0.2, -0.15) is 0 Å². The van der Waals surface area contributed by atoms with Crippen LogP contribution >= 0.6 is 0 Å². The molecule has 0 bridgehead atoms. The minimum atomic E-state index is 0.843. The molecule has 1 saturated carbocycles. The van der Waals surface area contributed by atoms with Crippen LogP contribution in [0.25, 0.3) is 0 Å². The summed E-state index contributed by atoms with van der Waals surface area (Å²) in [5, 5.41) is 3.29. The topological polar surface area (TPSA) is 15.3 Å². The Balaban J connectivity index is 1.76. The van der Waals surface area contributed by atoms with Crippen LogP contribution in [-0.4, -0.2) is 37.6 Å². The number of likely N-dealkylation sites (tertiary alicyclic amines) is 1. The summed E-state index contributed by atoms with van der Waals surface area (Å²) < 4.78 is 0. The van der Waals surface area contributed by atoms with Gasteiger partial charge in [-0.15, -0.1) is 0 Å². The Morgan fingerprint density at radius 1 is 1.33 bits per heavy atom.